The van der Waals surface area contributed by atoms with Crippen molar-refractivity contribution in [1.29, 1.82) is 0 Å². The van der Waals surface area contributed by atoms with Crippen molar-refractivity contribution in [2.75, 3.05) is 12.4 Å². The summed E-state index contributed by atoms with van der Waals surface area (Å²) in [7, 11) is 0. The maximum atomic E-state index is 6.22. The molecule has 0 saturated carbocycles. The molecule has 4 heteroatoms. The van der Waals surface area contributed by atoms with Crippen molar-refractivity contribution in [3.05, 3.63) is 54.4 Å². The van der Waals surface area contributed by atoms with Crippen LogP contribution >= 0.6 is 11.8 Å². The summed E-state index contributed by atoms with van der Waals surface area (Å²) in [6.07, 6.45) is 4.62. The number of nitrogens with zero attached hydrogens (tertiary/aromatic N) is 1. The molecule has 1 unspecified atom stereocenters. The zero-order valence-corrected chi connectivity index (χ0v) is 12.5. The fraction of sp³-hybridized carbons (Fsp3) is 0.312. The first-order valence-electron chi connectivity index (χ1n) is 6.80. The van der Waals surface area contributed by atoms with E-state index in [2.05, 4.69) is 11.9 Å². The molecule has 1 heterocycles. The Bertz CT molecular complexity index is 502. The molecule has 0 amide bonds. The molecule has 1 atom stereocenters. The number of rotatable bonds is 7. The first kappa shape index (κ1) is 14.9. The Morgan fingerprint density at radius 1 is 1.15 bits per heavy atom. The number of aromatic nitrogens is 1. The summed E-state index contributed by atoms with van der Waals surface area (Å²) in [6.45, 7) is 2.85. The van der Waals surface area contributed by atoms with Crippen LogP contribution in [0, 0.1) is 0 Å². The van der Waals surface area contributed by atoms with Gasteiger partial charge in [0.15, 0.2) is 0 Å². The molecular formula is C16H20N2OS. The van der Waals surface area contributed by atoms with Crippen LogP contribution in [0.4, 0.5) is 0 Å². The van der Waals surface area contributed by atoms with Gasteiger partial charge in [0, 0.05) is 29.1 Å². The second-order valence-electron chi connectivity index (χ2n) is 4.52. The Hall–Kier alpha value is -1.52. The van der Waals surface area contributed by atoms with Gasteiger partial charge in [-0.2, -0.15) is 0 Å². The molecule has 3 nitrogen and oxygen atoms in total. The Morgan fingerprint density at radius 2 is 1.85 bits per heavy atom. The van der Waals surface area contributed by atoms with Crippen molar-refractivity contribution in [1.82, 2.24) is 4.98 Å². The lowest BCUT2D eigenvalue weighted by Gasteiger charge is -2.12. The van der Waals surface area contributed by atoms with Gasteiger partial charge in [0.05, 0.1) is 6.61 Å². The molecule has 1 aromatic heterocycles. The van der Waals surface area contributed by atoms with Gasteiger partial charge < -0.3 is 10.5 Å². The van der Waals surface area contributed by atoms with E-state index in [9.17, 15) is 0 Å². The standard InChI is InChI=1S/C16H20N2OS/c1-2-11-19-14-5-3-13(4-6-14)16(17)12-20-15-7-9-18-10-8-15/h3-10,16H,2,11-12,17H2,1H3. The van der Waals surface area contributed by atoms with Gasteiger partial charge in [-0.3, -0.25) is 4.98 Å². The normalized spacial score (nSPS) is 12.1. The van der Waals surface area contributed by atoms with E-state index in [1.54, 1.807) is 24.2 Å². The predicted octanol–water partition coefficient (Wildman–Crippen LogP) is 3.66. The Labute approximate surface area is 124 Å². The number of nitrogens with two attached hydrogens (primary N) is 1. The van der Waals surface area contributed by atoms with Crippen LogP contribution in [0.25, 0.3) is 0 Å². The predicted molar refractivity (Wildman–Crippen MR) is 84.1 cm³/mol. The average molecular weight is 288 g/mol. The molecule has 0 saturated heterocycles. The van der Waals surface area contributed by atoms with Crippen LogP contribution in [0.5, 0.6) is 5.75 Å². The summed E-state index contributed by atoms with van der Waals surface area (Å²) < 4.78 is 5.57. The molecule has 106 valence electrons. The lowest BCUT2D eigenvalue weighted by atomic mass is 10.1. The topological polar surface area (TPSA) is 48.1 Å². The molecule has 0 fully saturated rings. The molecule has 0 aliphatic rings. The number of hydrogen-bond donors (Lipinski definition) is 1. The molecule has 0 aliphatic heterocycles. The third-order valence-corrected chi connectivity index (χ3v) is 3.99. The van der Waals surface area contributed by atoms with Crippen LogP contribution in [-0.4, -0.2) is 17.3 Å². The highest BCUT2D eigenvalue weighted by atomic mass is 32.2. The van der Waals surface area contributed by atoms with Gasteiger partial charge >= 0.3 is 0 Å². The molecule has 0 aliphatic carbocycles. The number of ether oxygens (including phenoxy) is 1. The average Bonchev–Trinajstić information content (AvgIpc) is 2.52. The zero-order chi connectivity index (χ0) is 14.2. The minimum absolute atomic E-state index is 0.0217. The Morgan fingerprint density at radius 3 is 2.50 bits per heavy atom. The Kier molecular flexibility index (Phi) is 5.89. The first-order valence-corrected chi connectivity index (χ1v) is 7.79. The van der Waals surface area contributed by atoms with E-state index in [1.165, 1.54) is 4.90 Å². The highest BCUT2D eigenvalue weighted by Gasteiger charge is 2.07. The van der Waals surface area contributed by atoms with Crippen LogP contribution in [-0.2, 0) is 0 Å². The maximum absolute atomic E-state index is 6.22. The van der Waals surface area contributed by atoms with E-state index in [-0.39, 0.29) is 6.04 Å². The fourth-order valence-corrected chi connectivity index (χ4v) is 2.63. The van der Waals surface area contributed by atoms with Gasteiger partial charge in [-0.25, -0.2) is 0 Å². The van der Waals surface area contributed by atoms with Crippen molar-refractivity contribution in [2.45, 2.75) is 24.3 Å². The smallest absolute Gasteiger partial charge is 0.119 e. The van der Waals surface area contributed by atoms with E-state index >= 15 is 0 Å². The maximum Gasteiger partial charge on any atom is 0.119 e. The van der Waals surface area contributed by atoms with Gasteiger partial charge in [0.1, 0.15) is 5.75 Å². The monoisotopic (exact) mass is 288 g/mol. The number of hydrogen-bond acceptors (Lipinski definition) is 4. The summed E-state index contributed by atoms with van der Waals surface area (Å²) in [5, 5.41) is 0. The lowest BCUT2D eigenvalue weighted by Crippen LogP contribution is -2.12. The van der Waals surface area contributed by atoms with Crippen molar-refractivity contribution < 1.29 is 4.74 Å². The van der Waals surface area contributed by atoms with E-state index in [0.29, 0.717) is 0 Å². The highest BCUT2D eigenvalue weighted by Crippen LogP contribution is 2.24. The SMILES string of the molecule is CCCOc1ccc(C(N)CSc2ccncc2)cc1. The van der Waals surface area contributed by atoms with Gasteiger partial charge in [-0.1, -0.05) is 19.1 Å². The second-order valence-corrected chi connectivity index (χ2v) is 5.61. The van der Waals surface area contributed by atoms with E-state index in [1.807, 2.05) is 36.4 Å². The summed E-state index contributed by atoms with van der Waals surface area (Å²) in [5.41, 5.74) is 7.35. The van der Waals surface area contributed by atoms with Crippen LogP contribution < -0.4 is 10.5 Å². The minimum atomic E-state index is 0.0217. The van der Waals surface area contributed by atoms with Crippen LogP contribution in [0.3, 0.4) is 0 Å². The van der Waals surface area contributed by atoms with Gasteiger partial charge in [-0.15, -0.1) is 11.8 Å². The van der Waals surface area contributed by atoms with Crippen LogP contribution in [0.1, 0.15) is 24.9 Å². The van der Waals surface area contributed by atoms with Crippen molar-refractivity contribution >= 4 is 11.8 Å². The van der Waals surface area contributed by atoms with Crippen molar-refractivity contribution in [3.63, 3.8) is 0 Å². The molecular weight excluding hydrogens is 268 g/mol. The molecule has 2 aromatic rings. The lowest BCUT2D eigenvalue weighted by molar-refractivity contribution is 0.317. The quantitative estimate of drug-likeness (QED) is 0.790. The highest BCUT2D eigenvalue weighted by molar-refractivity contribution is 7.99. The van der Waals surface area contributed by atoms with Gasteiger partial charge in [-0.05, 0) is 36.2 Å². The first-order chi connectivity index (χ1) is 9.79. The molecule has 2 rings (SSSR count). The fourth-order valence-electron chi connectivity index (χ4n) is 1.75. The number of pyridine rings is 1. The third kappa shape index (κ3) is 4.54. The summed E-state index contributed by atoms with van der Waals surface area (Å²) >= 11 is 1.75. The summed E-state index contributed by atoms with van der Waals surface area (Å²) in [6, 6.07) is 12.1. The van der Waals surface area contributed by atoms with Gasteiger partial charge in [0.2, 0.25) is 0 Å². The molecule has 1 aromatic carbocycles. The van der Waals surface area contributed by atoms with Crippen LogP contribution in [0.2, 0.25) is 0 Å². The van der Waals surface area contributed by atoms with Crippen LogP contribution in [0.15, 0.2) is 53.7 Å². The summed E-state index contributed by atoms with van der Waals surface area (Å²) in [5.74, 6) is 1.75. The molecule has 0 spiro atoms. The largest absolute Gasteiger partial charge is 0.494 e. The number of benzene rings is 1. The second kappa shape index (κ2) is 7.92. The molecule has 20 heavy (non-hydrogen) atoms. The molecule has 0 bridgehead atoms. The van der Waals surface area contributed by atoms with E-state index < -0.39 is 0 Å². The van der Waals surface area contributed by atoms with E-state index in [0.717, 1.165) is 30.1 Å². The van der Waals surface area contributed by atoms with Crippen molar-refractivity contribution in [2.24, 2.45) is 5.73 Å². The summed E-state index contributed by atoms with van der Waals surface area (Å²) in [4.78, 5) is 5.20. The Balaban J connectivity index is 1.87. The molecule has 2 N–H and O–H groups in total. The van der Waals surface area contributed by atoms with E-state index in [4.69, 9.17) is 10.5 Å². The zero-order valence-electron chi connectivity index (χ0n) is 11.7. The van der Waals surface area contributed by atoms with Crippen molar-refractivity contribution in [3.8, 4) is 5.75 Å². The minimum Gasteiger partial charge on any atom is -0.494 e. The number of thioether (sulfide) groups is 1. The third-order valence-electron chi connectivity index (χ3n) is 2.86. The molecule has 0 radical (unpaired) electrons. The van der Waals surface area contributed by atoms with Gasteiger partial charge in [0.25, 0.3) is 0 Å².